The van der Waals surface area contributed by atoms with Gasteiger partial charge >= 0.3 is 0 Å². The van der Waals surface area contributed by atoms with E-state index >= 15 is 0 Å². The third kappa shape index (κ3) is 2.79. The molecule has 0 saturated carbocycles. The quantitative estimate of drug-likeness (QED) is 0.754. The maximum Gasteiger partial charge on any atom is 0.210 e. The van der Waals surface area contributed by atoms with E-state index in [-0.39, 0.29) is 0 Å². The van der Waals surface area contributed by atoms with Crippen LogP contribution in [0.25, 0.3) is 11.3 Å². The fourth-order valence-electron chi connectivity index (χ4n) is 2.02. The van der Waals surface area contributed by atoms with Crippen LogP contribution in [0.3, 0.4) is 0 Å². The molecule has 0 atom stereocenters. The van der Waals surface area contributed by atoms with Gasteiger partial charge in [0.15, 0.2) is 6.20 Å². The number of benzene rings is 1. The highest BCUT2D eigenvalue weighted by atomic mass is 14.7. The van der Waals surface area contributed by atoms with E-state index in [0.717, 1.165) is 0 Å². The van der Waals surface area contributed by atoms with Crippen LogP contribution in [-0.4, -0.2) is 0 Å². The highest BCUT2D eigenvalue weighted by Crippen LogP contribution is 2.20. The summed E-state index contributed by atoms with van der Waals surface area (Å²) >= 11 is 0. The number of hydrogen-bond acceptors (Lipinski definition) is 0. The first kappa shape index (κ1) is 12.8. The van der Waals surface area contributed by atoms with E-state index in [4.69, 9.17) is 0 Å². The van der Waals surface area contributed by atoms with E-state index in [2.05, 4.69) is 75.3 Å². The molecule has 2 aromatic rings. The van der Waals surface area contributed by atoms with E-state index in [1.54, 1.807) is 0 Å². The Labute approximate surface area is 110 Å². The average Bonchev–Trinajstić information content (AvgIpc) is 2.39. The molecular weight excluding hydrogens is 218 g/mol. The number of H-pyrrole nitrogens is 1. The second kappa shape index (κ2) is 5.34. The molecular formula is C17H22N+. The fourth-order valence-corrected chi connectivity index (χ4v) is 2.02. The summed E-state index contributed by atoms with van der Waals surface area (Å²) in [5.74, 6) is 1.16. The van der Waals surface area contributed by atoms with E-state index in [0.29, 0.717) is 11.8 Å². The highest BCUT2D eigenvalue weighted by Gasteiger charge is 2.08. The molecule has 0 amide bonds. The Bertz CT molecular complexity index is 443. The molecule has 0 radical (unpaired) electrons. The minimum absolute atomic E-state index is 0.568. The summed E-state index contributed by atoms with van der Waals surface area (Å²) in [5.41, 5.74) is 5.15. The van der Waals surface area contributed by atoms with Crippen LogP contribution in [0.2, 0.25) is 0 Å². The molecule has 18 heavy (non-hydrogen) atoms. The maximum atomic E-state index is 3.38. The SMILES string of the molecule is CC(C)c1ccc(-c2ccc(C(C)C)c[nH+]2)cc1. The smallest absolute Gasteiger partial charge is 0.210 e. The van der Waals surface area contributed by atoms with E-state index < -0.39 is 0 Å². The number of nitrogens with one attached hydrogen (secondary N) is 1. The lowest BCUT2D eigenvalue weighted by Crippen LogP contribution is -2.08. The first-order valence-corrected chi connectivity index (χ1v) is 6.70. The molecule has 0 fully saturated rings. The van der Waals surface area contributed by atoms with Gasteiger partial charge in [-0.2, -0.15) is 0 Å². The van der Waals surface area contributed by atoms with Crippen LogP contribution in [0.15, 0.2) is 42.6 Å². The van der Waals surface area contributed by atoms with Crippen molar-refractivity contribution in [3.05, 3.63) is 53.7 Å². The van der Waals surface area contributed by atoms with Crippen LogP contribution in [0.5, 0.6) is 0 Å². The standard InChI is InChI=1S/C17H21N/c1-12(2)14-5-7-15(8-6-14)17-10-9-16(11-18-17)13(3)4/h5-13H,1-4H3/p+1. The van der Waals surface area contributed by atoms with Gasteiger partial charge in [0.05, 0.1) is 0 Å². The zero-order chi connectivity index (χ0) is 13.1. The molecule has 0 saturated heterocycles. The van der Waals surface area contributed by atoms with E-state index in [1.165, 1.54) is 22.4 Å². The van der Waals surface area contributed by atoms with Gasteiger partial charge in [-0.15, -0.1) is 0 Å². The molecule has 1 nitrogen and oxygen atoms in total. The van der Waals surface area contributed by atoms with Crippen LogP contribution < -0.4 is 4.98 Å². The largest absolute Gasteiger partial charge is 0.211 e. The zero-order valence-electron chi connectivity index (χ0n) is 11.7. The van der Waals surface area contributed by atoms with Crippen molar-refractivity contribution >= 4 is 0 Å². The van der Waals surface area contributed by atoms with Gasteiger partial charge in [0, 0.05) is 17.2 Å². The van der Waals surface area contributed by atoms with Gasteiger partial charge in [0.25, 0.3) is 0 Å². The molecule has 1 aromatic heterocycles. The van der Waals surface area contributed by atoms with Crippen LogP contribution >= 0.6 is 0 Å². The second-order valence-electron chi connectivity index (χ2n) is 5.47. The van der Waals surface area contributed by atoms with Crippen LogP contribution in [0, 0.1) is 0 Å². The predicted molar refractivity (Wildman–Crippen MR) is 76.6 cm³/mol. The molecule has 94 valence electrons. The van der Waals surface area contributed by atoms with Crippen molar-refractivity contribution in [1.82, 2.24) is 0 Å². The molecule has 0 unspecified atom stereocenters. The Kier molecular flexibility index (Phi) is 3.81. The van der Waals surface area contributed by atoms with Crippen LogP contribution in [0.4, 0.5) is 0 Å². The lowest BCUT2D eigenvalue weighted by Gasteiger charge is -2.05. The van der Waals surface area contributed by atoms with Gasteiger partial charge in [-0.05, 0) is 35.6 Å². The van der Waals surface area contributed by atoms with E-state index in [9.17, 15) is 0 Å². The van der Waals surface area contributed by atoms with Crippen molar-refractivity contribution < 1.29 is 4.98 Å². The van der Waals surface area contributed by atoms with Crippen molar-refractivity contribution in [2.45, 2.75) is 39.5 Å². The molecule has 0 aliphatic carbocycles. The number of hydrogen-bond donors (Lipinski definition) is 0. The molecule has 0 aliphatic rings. The van der Waals surface area contributed by atoms with Crippen molar-refractivity contribution in [2.24, 2.45) is 0 Å². The van der Waals surface area contributed by atoms with Crippen LogP contribution in [-0.2, 0) is 0 Å². The molecule has 0 spiro atoms. The van der Waals surface area contributed by atoms with Gasteiger partial charge in [-0.1, -0.05) is 39.8 Å². The molecule has 0 aliphatic heterocycles. The summed E-state index contributed by atoms with van der Waals surface area (Å²) < 4.78 is 0. The topological polar surface area (TPSA) is 14.1 Å². The Morgan fingerprint density at radius 3 is 1.72 bits per heavy atom. The second-order valence-corrected chi connectivity index (χ2v) is 5.47. The maximum absolute atomic E-state index is 3.38. The molecule has 0 bridgehead atoms. The summed E-state index contributed by atoms with van der Waals surface area (Å²) in [6.45, 7) is 8.86. The van der Waals surface area contributed by atoms with Crippen molar-refractivity contribution in [2.75, 3.05) is 0 Å². The third-order valence-electron chi connectivity index (χ3n) is 3.39. The fraction of sp³-hybridized carbons (Fsp3) is 0.353. The molecule has 1 heterocycles. The lowest BCUT2D eigenvalue weighted by atomic mass is 10.00. The molecule has 2 rings (SSSR count). The Balaban J connectivity index is 2.25. The normalized spacial score (nSPS) is 11.2. The lowest BCUT2D eigenvalue weighted by molar-refractivity contribution is -0.365. The Morgan fingerprint density at radius 2 is 1.28 bits per heavy atom. The molecule has 1 heteroatoms. The predicted octanol–water partition coefficient (Wildman–Crippen LogP) is 4.41. The third-order valence-corrected chi connectivity index (χ3v) is 3.39. The monoisotopic (exact) mass is 240 g/mol. The Morgan fingerprint density at radius 1 is 0.722 bits per heavy atom. The zero-order valence-corrected chi connectivity index (χ0v) is 11.7. The van der Waals surface area contributed by atoms with Gasteiger partial charge in [0.2, 0.25) is 5.69 Å². The van der Waals surface area contributed by atoms with Gasteiger partial charge in [0.1, 0.15) is 0 Å². The summed E-state index contributed by atoms with van der Waals surface area (Å²) in [7, 11) is 0. The van der Waals surface area contributed by atoms with E-state index in [1.807, 2.05) is 0 Å². The average molecular weight is 240 g/mol. The van der Waals surface area contributed by atoms with Crippen LogP contribution in [0.1, 0.15) is 50.7 Å². The van der Waals surface area contributed by atoms with Gasteiger partial charge in [-0.25, -0.2) is 4.98 Å². The Hall–Kier alpha value is -1.63. The number of pyridine rings is 1. The minimum Gasteiger partial charge on any atom is -0.211 e. The summed E-state index contributed by atoms with van der Waals surface area (Å²) in [4.78, 5) is 3.38. The highest BCUT2D eigenvalue weighted by molar-refractivity contribution is 5.56. The van der Waals surface area contributed by atoms with Crippen molar-refractivity contribution in [1.29, 1.82) is 0 Å². The number of rotatable bonds is 3. The minimum atomic E-state index is 0.568. The summed E-state index contributed by atoms with van der Waals surface area (Å²) in [6.07, 6.45) is 2.11. The summed E-state index contributed by atoms with van der Waals surface area (Å²) in [6, 6.07) is 13.2. The first-order valence-electron chi connectivity index (χ1n) is 6.70. The van der Waals surface area contributed by atoms with Gasteiger partial charge < -0.3 is 0 Å². The molecule has 1 aromatic carbocycles. The van der Waals surface area contributed by atoms with Crippen molar-refractivity contribution in [3.63, 3.8) is 0 Å². The molecule has 1 N–H and O–H groups in total. The summed E-state index contributed by atoms with van der Waals surface area (Å²) in [5, 5.41) is 0. The number of aromatic amines is 1. The van der Waals surface area contributed by atoms with Crippen molar-refractivity contribution in [3.8, 4) is 11.3 Å². The van der Waals surface area contributed by atoms with Gasteiger partial charge in [-0.3, -0.25) is 0 Å². The first-order chi connectivity index (χ1) is 8.58. The number of aromatic nitrogens is 1.